The molecule has 0 saturated heterocycles. The molecule has 0 amide bonds. The van der Waals surface area contributed by atoms with Crippen LogP contribution in [-0.2, 0) is 19.6 Å². The average Bonchev–Trinajstić information content (AvgIpc) is 3.41. The number of hydrogen-bond acceptors (Lipinski definition) is 5. The summed E-state index contributed by atoms with van der Waals surface area (Å²) in [5.41, 5.74) is 1.11. The molecule has 1 N–H and O–H groups in total. The fourth-order valence-corrected chi connectivity index (χ4v) is 3.26. The lowest BCUT2D eigenvalue weighted by atomic mass is 10.1. The molecule has 150 valence electrons. The van der Waals surface area contributed by atoms with Crippen LogP contribution in [0.1, 0.15) is 31.1 Å². The first kappa shape index (κ1) is 20.2. The highest BCUT2D eigenvalue weighted by Crippen LogP contribution is 2.23. The molecule has 28 heavy (non-hydrogen) atoms. The maximum atomic E-state index is 9.83. The first-order valence-corrected chi connectivity index (χ1v) is 9.84. The van der Waals surface area contributed by atoms with E-state index in [1.807, 2.05) is 47.4 Å². The summed E-state index contributed by atoms with van der Waals surface area (Å²) in [6.45, 7) is 5.08. The Balaban J connectivity index is 1.63. The number of rotatable bonds is 12. The van der Waals surface area contributed by atoms with Crippen molar-refractivity contribution in [3.05, 3.63) is 72.7 Å². The first-order valence-electron chi connectivity index (χ1n) is 9.84. The minimum absolute atomic E-state index is 0.0689. The highest BCUT2D eigenvalue weighted by molar-refractivity contribution is 5.33. The van der Waals surface area contributed by atoms with Crippen molar-refractivity contribution in [3.63, 3.8) is 0 Å². The van der Waals surface area contributed by atoms with E-state index in [0.29, 0.717) is 19.7 Å². The normalized spacial score (nSPS) is 12.4. The Bertz CT molecular complexity index is 783. The van der Waals surface area contributed by atoms with Crippen molar-refractivity contribution >= 4 is 0 Å². The summed E-state index contributed by atoms with van der Waals surface area (Å²) in [5, 5.41) is 9.83. The van der Waals surface area contributed by atoms with Crippen LogP contribution < -0.4 is 4.74 Å². The Morgan fingerprint density at radius 3 is 2.82 bits per heavy atom. The summed E-state index contributed by atoms with van der Waals surface area (Å²) in [4.78, 5) is 6.30. The Morgan fingerprint density at radius 1 is 1.21 bits per heavy atom. The lowest BCUT2D eigenvalue weighted by Gasteiger charge is -2.29. The highest BCUT2D eigenvalue weighted by atomic mass is 16.5. The van der Waals surface area contributed by atoms with E-state index >= 15 is 0 Å². The van der Waals surface area contributed by atoms with Crippen molar-refractivity contribution in [1.29, 1.82) is 0 Å². The zero-order valence-corrected chi connectivity index (χ0v) is 16.4. The third-order valence-electron chi connectivity index (χ3n) is 4.86. The number of aliphatic hydroxyl groups is 1. The van der Waals surface area contributed by atoms with Crippen molar-refractivity contribution in [3.8, 4) is 5.75 Å². The van der Waals surface area contributed by atoms with Gasteiger partial charge in [-0.05, 0) is 31.0 Å². The number of aromatic nitrogens is 2. The van der Waals surface area contributed by atoms with E-state index in [-0.39, 0.29) is 12.6 Å². The van der Waals surface area contributed by atoms with Crippen molar-refractivity contribution < 1.29 is 14.3 Å². The monoisotopic (exact) mass is 383 g/mol. The van der Waals surface area contributed by atoms with Crippen molar-refractivity contribution in [2.45, 2.75) is 45.4 Å². The predicted molar refractivity (Wildman–Crippen MR) is 108 cm³/mol. The molecule has 0 radical (unpaired) electrons. The van der Waals surface area contributed by atoms with E-state index in [4.69, 9.17) is 9.15 Å². The molecular weight excluding hydrogens is 354 g/mol. The summed E-state index contributed by atoms with van der Waals surface area (Å²) in [7, 11) is 0. The predicted octanol–water partition coefficient (Wildman–Crippen LogP) is 3.72. The van der Waals surface area contributed by atoms with Gasteiger partial charge in [-0.2, -0.15) is 0 Å². The van der Waals surface area contributed by atoms with E-state index in [2.05, 4.69) is 22.9 Å². The van der Waals surface area contributed by atoms with Gasteiger partial charge < -0.3 is 18.8 Å². The van der Waals surface area contributed by atoms with Gasteiger partial charge in [0.25, 0.3) is 0 Å². The quantitative estimate of drug-likeness (QED) is 0.483. The minimum Gasteiger partial charge on any atom is -0.493 e. The molecule has 1 unspecified atom stereocenters. The summed E-state index contributed by atoms with van der Waals surface area (Å²) >= 11 is 0. The second-order valence-electron chi connectivity index (χ2n) is 6.84. The van der Waals surface area contributed by atoms with Gasteiger partial charge in [-0.15, -0.1) is 0 Å². The topological polar surface area (TPSA) is 63.7 Å². The Hall–Kier alpha value is -2.57. The fourth-order valence-electron chi connectivity index (χ4n) is 3.26. The van der Waals surface area contributed by atoms with Crippen LogP contribution in [-0.4, -0.2) is 38.8 Å². The van der Waals surface area contributed by atoms with E-state index < -0.39 is 0 Å². The molecule has 0 fully saturated rings. The van der Waals surface area contributed by atoms with Crippen molar-refractivity contribution in [2.75, 3.05) is 13.2 Å². The third kappa shape index (κ3) is 5.71. The van der Waals surface area contributed by atoms with Gasteiger partial charge >= 0.3 is 0 Å². The molecule has 3 rings (SSSR count). The van der Waals surface area contributed by atoms with Gasteiger partial charge in [0.15, 0.2) is 0 Å². The van der Waals surface area contributed by atoms with Crippen LogP contribution in [0.5, 0.6) is 5.75 Å². The number of benzene rings is 1. The summed E-state index contributed by atoms with van der Waals surface area (Å²) < 4.78 is 13.6. The van der Waals surface area contributed by atoms with Gasteiger partial charge in [0.1, 0.15) is 11.5 Å². The number of nitrogens with zero attached hydrogens (tertiary/aromatic N) is 3. The molecular formula is C22H29N3O3. The van der Waals surface area contributed by atoms with Crippen LogP contribution in [0, 0.1) is 0 Å². The number of ether oxygens (including phenoxy) is 1. The van der Waals surface area contributed by atoms with Gasteiger partial charge in [-0.1, -0.05) is 25.1 Å². The third-order valence-corrected chi connectivity index (χ3v) is 4.86. The molecule has 1 atom stereocenters. The zero-order chi connectivity index (χ0) is 19.6. The Labute approximate surface area is 166 Å². The summed E-state index contributed by atoms with van der Waals surface area (Å²) in [5.74, 6) is 1.79. The van der Waals surface area contributed by atoms with Crippen molar-refractivity contribution in [2.24, 2.45) is 0 Å². The average molecular weight is 383 g/mol. The molecule has 0 spiro atoms. The zero-order valence-electron chi connectivity index (χ0n) is 16.4. The van der Waals surface area contributed by atoms with Crippen LogP contribution in [0.2, 0.25) is 0 Å². The molecule has 3 aromatic rings. The molecule has 0 aliphatic heterocycles. The van der Waals surface area contributed by atoms with E-state index in [1.165, 1.54) is 0 Å². The maximum Gasteiger partial charge on any atom is 0.123 e. The molecule has 6 nitrogen and oxygen atoms in total. The van der Waals surface area contributed by atoms with E-state index in [0.717, 1.165) is 36.5 Å². The van der Waals surface area contributed by atoms with Crippen molar-refractivity contribution in [1.82, 2.24) is 14.5 Å². The summed E-state index contributed by atoms with van der Waals surface area (Å²) in [6.07, 6.45) is 9.03. The number of furan rings is 1. The van der Waals surface area contributed by atoms with Gasteiger partial charge in [-0.3, -0.25) is 4.90 Å². The number of imidazole rings is 1. The number of aryl methyl sites for hydroxylation is 1. The first-order chi connectivity index (χ1) is 13.8. The van der Waals surface area contributed by atoms with E-state index in [1.54, 1.807) is 12.5 Å². The van der Waals surface area contributed by atoms with Gasteiger partial charge in [0, 0.05) is 37.1 Å². The highest BCUT2D eigenvalue weighted by Gasteiger charge is 2.19. The molecule has 0 bridgehead atoms. The second-order valence-corrected chi connectivity index (χ2v) is 6.84. The SMILES string of the molecule is CCC(CO)N(Cc1ccco1)Cc1ccccc1OCCCn1ccnc1. The molecule has 0 saturated carbocycles. The maximum absolute atomic E-state index is 9.83. The second kappa shape index (κ2) is 10.7. The molecule has 0 aliphatic rings. The smallest absolute Gasteiger partial charge is 0.123 e. The molecule has 2 heterocycles. The van der Waals surface area contributed by atoms with Crippen LogP contribution >= 0.6 is 0 Å². The van der Waals surface area contributed by atoms with Crippen LogP contribution in [0.15, 0.2) is 65.8 Å². The van der Waals surface area contributed by atoms with Crippen LogP contribution in [0.25, 0.3) is 0 Å². The van der Waals surface area contributed by atoms with Gasteiger partial charge in [0.2, 0.25) is 0 Å². The van der Waals surface area contributed by atoms with Crippen LogP contribution in [0.3, 0.4) is 0 Å². The van der Waals surface area contributed by atoms with Gasteiger partial charge in [0.05, 0.1) is 32.3 Å². The molecule has 1 aromatic carbocycles. The van der Waals surface area contributed by atoms with Gasteiger partial charge in [-0.25, -0.2) is 4.98 Å². The molecule has 2 aromatic heterocycles. The minimum atomic E-state index is 0.0689. The lowest BCUT2D eigenvalue weighted by Crippen LogP contribution is -2.36. The standard InChI is InChI=1S/C22H29N3O3/c1-2-20(17-26)25(16-21-8-5-13-27-21)15-19-7-3-4-9-22(19)28-14-6-11-24-12-10-23-18-24/h3-5,7-10,12-13,18,20,26H,2,6,11,14-17H2,1H3. The largest absolute Gasteiger partial charge is 0.493 e. The fraction of sp³-hybridized carbons (Fsp3) is 0.409. The summed E-state index contributed by atoms with van der Waals surface area (Å²) in [6, 6.07) is 12.1. The van der Waals surface area contributed by atoms with Crippen LogP contribution in [0.4, 0.5) is 0 Å². The number of para-hydroxylation sites is 1. The number of hydrogen-bond donors (Lipinski definition) is 1. The van der Waals surface area contributed by atoms with E-state index in [9.17, 15) is 5.11 Å². The molecule has 0 aliphatic carbocycles. The Kier molecular flexibility index (Phi) is 7.70. The number of aliphatic hydroxyl groups excluding tert-OH is 1. The Morgan fingerprint density at radius 2 is 2.11 bits per heavy atom. The molecule has 6 heteroatoms. The lowest BCUT2D eigenvalue weighted by molar-refractivity contribution is 0.0987.